The van der Waals surface area contributed by atoms with E-state index >= 15 is 0 Å². The van der Waals surface area contributed by atoms with Gasteiger partial charge >= 0.3 is 6.03 Å². The van der Waals surface area contributed by atoms with Gasteiger partial charge < -0.3 is 15.0 Å². The fourth-order valence-corrected chi connectivity index (χ4v) is 4.27. The van der Waals surface area contributed by atoms with Crippen LogP contribution >= 0.6 is 11.3 Å². The van der Waals surface area contributed by atoms with Gasteiger partial charge in [-0.3, -0.25) is 0 Å². The number of carbonyl (C=O) groups is 1. The first kappa shape index (κ1) is 17.5. The van der Waals surface area contributed by atoms with Crippen molar-refractivity contribution in [3.8, 4) is 16.3 Å². The van der Waals surface area contributed by atoms with Gasteiger partial charge in [-0.2, -0.15) is 0 Å². The molecule has 0 aliphatic carbocycles. The fourth-order valence-electron chi connectivity index (χ4n) is 3.14. The van der Waals surface area contributed by atoms with Crippen LogP contribution in [0.15, 0.2) is 54.6 Å². The number of urea groups is 1. The van der Waals surface area contributed by atoms with Gasteiger partial charge in [-0.25, -0.2) is 9.78 Å². The van der Waals surface area contributed by atoms with E-state index in [-0.39, 0.29) is 6.03 Å². The maximum absolute atomic E-state index is 12.6. The quantitative estimate of drug-likeness (QED) is 0.743. The molecule has 2 heterocycles. The van der Waals surface area contributed by atoms with Crippen LogP contribution in [0, 0.1) is 0 Å². The molecule has 1 aromatic heterocycles. The van der Waals surface area contributed by atoms with Crippen molar-refractivity contribution < 1.29 is 9.53 Å². The highest BCUT2D eigenvalue weighted by Crippen LogP contribution is 2.31. The van der Waals surface area contributed by atoms with Crippen LogP contribution in [0.2, 0.25) is 0 Å². The van der Waals surface area contributed by atoms with Crippen LogP contribution in [0.3, 0.4) is 0 Å². The van der Waals surface area contributed by atoms with E-state index in [1.165, 1.54) is 4.88 Å². The monoisotopic (exact) mass is 379 g/mol. The molecule has 5 nitrogen and oxygen atoms in total. The van der Waals surface area contributed by atoms with Gasteiger partial charge in [0.15, 0.2) is 0 Å². The summed E-state index contributed by atoms with van der Waals surface area (Å²) in [5.74, 6) is 0.794. The Kier molecular flexibility index (Phi) is 5.07. The number of hydrogen-bond acceptors (Lipinski definition) is 4. The molecule has 4 rings (SSSR count). The second-order valence-electron chi connectivity index (χ2n) is 6.44. The summed E-state index contributed by atoms with van der Waals surface area (Å²) in [6.45, 7) is 1.79. The number of thiazole rings is 1. The Morgan fingerprint density at radius 2 is 2.07 bits per heavy atom. The minimum atomic E-state index is -0.0434. The average molecular weight is 379 g/mol. The van der Waals surface area contributed by atoms with E-state index in [0.717, 1.165) is 34.0 Å². The number of carbonyl (C=O) groups excluding carboxylic acids is 1. The Labute approximate surface area is 162 Å². The van der Waals surface area contributed by atoms with E-state index in [2.05, 4.69) is 17.4 Å². The minimum absolute atomic E-state index is 0.0434. The molecule has 0 atom stereocenters. The zero-order valence-corrected chi connectivity index (χ0v) is 16.0. The maximum atomic E-state index is 12.6. The molecule has 1 aliphatic heterocycles. The third-order valence-corrected chi connectivity index (χ3v) is 5.75. The van der Waals surface area contributed by atoms with Gasteiger partial charge in [0.25, 0.3) is 0 Å². The normalized spacial score (nSPS) is 13.1. The standard InChI is InChI=1S/C21H21N3O2S/c1-26-17-9-5-6-15(12-17)13-22-21(25)24-11-10-18-19(14-24)27-20(23-18)16-7-3-2-4-8-16/h2-9,12H,10-11,13-14H2,1H3,(H,22,25). The first-order valence-corrected chi connectivity index (χ1v) is 9.74. The lowest BCUT2D eigenvalue weighted by atomic mass is 10.2. The Balaban J connectivity index is 1.40. The van der Waals surface area contributed by atoms with Crippen molar-refractivity contribution in [2.45, 2.75) is 19.5 Å². The smallest absolute Gasteiger partial charge is 0.318 e. The average Bonchev–Trinajstić information content (AvgIpc) is 3.16. The topological polar surface area (TPSA) is 54.5 Å². The molecular weight excluding hydrogens is 358 g/mol. The molecule has 1 aliphatic rings. The number of nitrogens with one attached hydrogen (secondary N) is 1. The van der Waals surface area contributed by atoms with Crippen molar-refractivity contribution in [3.63, 3.8) is 0 Å². The van der Waals surface area contributed by atoms with Gasteiger partial charge in [-0.05, 0) is 17.7 Å². The Morgan fingerprint density at radius 1 is 1.22 bits per heavy atom. The zero-order chi connectivity index (χ0) is 18.6. The van der Waals surface area contributed by atoms with E-state index in [4.69, 9.17) is 9.72 Å². The summed E-state index contributed by atoms with van der Waals surface area (Å²) in [5.41, 5.74) is 3.27. The van der Waals surface area contributed by atoms with Crippen molar-refractivity contribution in [1.29, 1.82) is 0 Å². The van der Waals surface area contributed by atoms with E-state index in [9.17, 15) is 4.79 Å². The first-order valence-electron chi connectivity index (χ1n) is 8.92. The van der Waals surface area contributed by atoms with E-state index in [1.54, 1.807) is 18.4 Å². The number of methoxy groups -OCH3 is 1. The lowest BCUT2D eigenvalue weighted by molar-refractivity contribution is 0.192. The van der Waals surface area contributed by atoms with Crippen LogP contribution in [-0.4, -0.2) is 29.6 Å². The van der Waals surface area contributed by atoms with Crippen molar-refractivity contribution in [2.75, 3.05) is 13.7 Å². The third-order valence-electron chi connectivity index (χ3n) is 4.62. The molecule has 0 radical (unpaired) electrons. The molecule has 138 valence electrons. The number of ether oxygens (including phenoxy) is 1. The number of benzene rings is 2. The van der Waals surface area contributed by atoms with Crippen molar-refractivity contribution in [3.05, 3.63) is 70.7 Å². The van der Waals surface area contributed by atoms with Crippen LogP contribution < -0.4 is 10.1 Å². The summed E-state index contributed by atoms with van der Waals surface area (Å²) in [5, 5.41) is 4.03. The van der Waals surface area contributed by atoms with Crippen LogP contribution in [-0.2, 0) is 19.5 Å². The fraction of sp³-hybridized carbons (Fsp3) is 0.238. The summed E-state index contributed by atoms with van der Waals surface area (Å²) in [4.78, 5) is 20.4. The van der Waals surface area contributed by atoms with Crippen LogP contribution in [0.25, 0.3) is 10.6 Å². The van der Waals surface area contributed by atoms with Gasteiger partial charge in [0.2, 0.25) is 0 Å². The lowest BCUT2D eigenvalue weighted by Crippen LogP contribution is -2.42. The molecule has 0 saturated heterocycles. The molecule has 0 bridgehead atoms. The predicted molar refractivity (Wildman–Crippen MR) is 107 cm³/mol. The summed E-state index contributed by atoms with van der Waals surface area (Å²) in [7, 11) is 1.64. The van der Waals surface area contributed by atoms with Crippen molar-refractivity contribution in [1.82, 2.24) is 15.2 Å². The molecule has 1 N–H and O–H groups in total. The van der Waals surface area contributed by atoms with E-state index < -0.39 is 0 Å². The lowest BCUT2D eigenvalue weighted by Gasteiger charge is -2.26. The third kappa shape index (κ3) is 3.95. The zero-order valence-electron chi connectivity index (χ0n) is 15.1. The molecule has 3 aromatic rings. The predicted octanol–water partition coefficient (Wildman–Crippen LogP) is 4.09. The molecule has 2 aromatic carbocycles. The SMILES string of the molecule is COc1cccc(CNC(=O)N2CCc3nc(-c4ccccc4)sc3C2)c1. The number of rotatable bonds is 4. The number of nitrogens with zero attached hydrogens (tertiary/aromatic N) is 2. The van der Waals surface area contributed by atoms with Crippen LogP contribution in [0.1, 0.15) is 16.1 Å². The van der Waals surface area contributed by atoms with Gasteiger partial charge in [-0.1, -0.05) is 42.5 Å². The van der Waals surface area contributed by atoms with Gasteiger partial charge in [0, 0.05) is 30.0 Å². The van der Waals surface area contributed by atoms with Gasteiger partial charge in [-0.15, -0.1) is 11.3 Å². The Hall–Kier alpha value is -2.86. The van der Waals surface area contributed by atoms with Gasteiger partial charge in [0.1, 0.15) is 10.8 Å². The maximum Gasteiger partial charge on any atom is 0.318 e. The molecule has 27 heavy (non-hydrogen) atoms. The van der Waals surface area contributed by atoms with E-state index in [1.807, 2.05) is 47.4 Å². The highest BCUT2D eigenvalue weighted by Gasteiger charge is 2.24. The number of hydrogen-bond donors (Lipinski definition) is 1. The number of aromatic nitrogens is 1. The van der Waals surface area contributed by atoms with Crippen LogP contribution in [0.5, 0.6) is 5.75 Å². The highest BCUT2D eigenvalue weighted by molar-refractivity contribution is 7.15. The molecule has 2 amide bonds. The molecule has 6 heteroatoms. The van der Waals surface area contributed by atoms with Crippen LogP contribution in [0.4, 0.5) is 4.79 Å². The van der Waals surface area contributed by atoms with E-state index in [0.29, 0.717) is 19.6 Å². The Bertz CT molecular complexity index is 940. The number of fused-ring (bicyclic) bond motifs is 1. The highest BCUT2D eigenvalue weighted by atomic mass is 32.1. The molecule has 0 saturated carbocycles. The first-order chi connectivity index (χ1) is 13.2. The molecule has 0 fully saturated rings. The number of amides is 2. The molecular formula is C21H21N3O2S. The second kappa shape index (κ2) is 7.80. The molecule has 0 spiro atoms. The Morgan fingerprint density at radius 3 is 2.89 bits per heavy atom. The van der Waals surface area contributed by atoms with Gasteiger partial charge in [0.05, 0.1) is 19.3 Å². The van der Waals surface area contributed by atoms with Crippen molar-refractivity contribution in [2.24, 2.45) is 0 Å². The summed E-state index contributed by atoms with van der Waals surface area (Å²) in [6, 6.07) is 17.9. The summed E-state index contributed by atoms with van der Waals surface area (Å²) < 4.78 is 5.23. The summed E-state index contributed by atoms with van der Waals surface area (Å²) >= 11 is 1.68. The second-order valence-corrected chi connectivity index (χ2v) is 7.52. The minimum Gasteiger partial charge on any atom is -0.497 e. The molecule has 0 unspecified atom stereocenters. The van der Waals surface area contributed by atoms with Crippen molar-refractivity contribution >= 4 is 17.4 Å². The summed E-state index contributed by atoms with van der Waals surface area (Å²) in [6.07, 6.45) is 0.797. The largest absolute Gasteiger partial charge is 0.497 e.